The zero-order valence-corrected chi connectivity index (χ0v) is 16.7. The number of hydrogen-bond donors (Lipinski definition) is 1. The molecule has 1 N–H and O–H groups in total. The maximum absolute atomic E-state index is 12.2. The first kappa shape index (κ1) is 19.5. The van der Waals surface area contributed by atoms with Crippen molar-refractivity contribution in [2.24, 2.45) is 5.92 Å². The van der Waals surface area contributed by atoms with E-state index >= 15 is 0 Å². The molecule has 1 aliphatic carbocycles. The number of nitrogens with zero attached hydrogens (tertiary/aromatic N) is 2. The van der Waals surface area contributed by atoms with Gasteiger partial charge in [0.05, 0.1) is 20.0 Å². The van der Waals surface area contributed by atoms with E-state index in [1.165, 1.54) is 31.0 Å². The molecule has 1 aromatic heterocycles. The van der Waals surface area contributed by atoms with Crippen molar-refractivity contribution in [2.45, 2.75) is 43.9 Å². The van der Waals surface area contributed by atoms with Crippen molar-refractivity contribution in [3.8, 4) is 23.0 Å². The van der Waals surface area contributed by atoms with Crippen LogP contribution in [0.2, 0.25) is 0 Å². The van der Waals surface area contributed by atoms with Crippen molar-refractivity contribution >= 4 is 17.7 Å². The Hall–Kier alpha value is -2.22. The molecule has 0 saturated heterocycles. The molecule has 1 heterocycles. The van der Waals surface area contributed by atoms with E-state index in [0.717, 1.165) is 6.42 Å². The second-order valence-corrected chi connectivity index (χ2v) is 7.63. The van der Waals surface area contributed by atoms with Gasteiger partial charge in [-0.3, -0.25) is 4.79 Å². The number of aromatic nitrogens is 2. The summed E-state index contributed by atoms with van der Waals surface area (Å²) in [5, 5.41) is 11.6. The number of amides is 1. The Balaban J connectivity index is 1.59. The quantitative estimate of drug-likeness (QED) is 0.722. The summed E-state index contributed by atoms with van der Waals surface area (Å²) in [6.07, 6.45) is 4.66. The number of carbonyl (C=O) groups excluding carboxylic acids is 1. The minimum absolute atomic E-state index is 0.00143. The average molecular weight is 391 g/mol. The average Bonchev–Trinajstić information content (AvgIpc) is 3.17. The van der Waals surface area contributed by atoms with Crippen LogP contribution in [0.1, 0.15) is 32.6 Å². The van der Waals surface area contributed by atoms with Gasteiger partial charge in [0.25, 0.3) is 5.22 Å². The number of nitrogens with one attached hydrogen (secondary N) is 1. The van der Waals surface area contributed by atoms with Gasteiger partial charge in [0, 0.05) is 17.7 Å². The number of rotatable bonds is 7. The van der Waals surface area contributed by atoms with E-state index in [1.54, 1.807) is 32.4 Å². The topological polar surface area (TPSA) is 86.5 Å². The molecule has 8 heteroatoms. The van der Waals surface area contributed by atoms with Crippen LogP contribution in [0.15, 0.2) is 27.8 Å². The van der Waals surface area contributed by atoms with Gasteiger partial charge in [-0.15, -0.1) is 10.2 Å². The second-order valence-electron chi connectivity index (χ2n) is 6.70. The standard InChI is InChI=1S/C19H25N3O4S/c1-12-6-4-5-7-16(12)20-17(23)11-27-19-22-21-18(26-19)13-8-14(24-2)10-15(9-13)25-3/h8-10,12,16H,4-7,11H2,1-3H3,(H,20,23)/t12-,16-/m0/s1. The van der Waals surface area contributed by atoms with Crippen LogP contribution in [0.4, 0.5) is 0 Å². The van der Waals surface area contributed by atoms with Crippen molar-refractivity contribution in [2.75, 3.05) is 20.0 Å². The van der Waals surface area contributed by atoms with Gasteiger partial charge in [0.2, 0.25) is 11.8 Å². The number of methoxy groups -OCH3 is 2. The van der Waals surface area contributed by atoms with Crippen molar-refractivity contribution in [3.05, 3.63) is 18.2 Å². The first-order valence-corrected chi connectivity index (χ1v) is 10.1. The van der Waals surface area contributed by atoms with Crippen LogP contribution in [-0.2, 0) is 4.79 Å². The maximum atomic E-state index is 12.2. The Morgan fingerprint density at radius 3 is 2.56 bits per heavy atom. The van der Waals surface area contributed by atoms with Gasteiger partial charge >= 0.3 is 0 Å². The Morgan fingerprint density at radius 1 is 1.19 bits per heavy atom. The third-order valence-corrected chi connectivity index (χ3v) is 5.61. The van der Waals surface area contributed by atoms with E-state index in [2.05, 4.69) is 22.4 Å². The van der Waals surface area contributed by atoms with Crippen molar-refractivity contribution in [3.63, 3.8) is 0 Å². The van der Waals surface area contributed by atoms with Crippen LogP contribution in [0.5, 0.6) is 11.5 Å². The molecule has 0 unspecified atom stereocenters. The van der Waals surface area contributed by atoms with Crippen molar-refractivity contribution < 1.29 is 18.7 Å². The van der Waals surface area contributed by atoms with Gasteiger partial charge in [-0.05, 0) is 30.9 Å². The largest absolute Gasteiger partial charge is 0.497 e. The Kier molecular flexibility index (Phi) is 6.60. The molecule has 3 rings (SSSR count). The maximum Gasteiger partial charge on any atom is 0.277 e. The number of benzene rings is 1. The summed E-state index contributed by atoms with van der Waals surface area (Å²) >= 11 is 1.24. The van der Waals surface area contributed by atoms with Gasteiger partial charge in [0.1, 0.15) is 11.5 Å². The van der Waals surface area contributed by atoms with Gasteiger partial charge in [-0.25, -0.2) is 0 Å². The molecule has 1 aliphatic rings. The van der Waals surface area contributed by atoms with E-state index in [0.29, 0.717) is 34.1 Å². The van der Waals surface area contributed by atoms with Crippen LogP contribution >= 0.6 is 11.8 Å². The molecule has 7 nitrogen and oxygen atoms in total. The van der Waals surface area contributed by atoms with Gasteiger partial charge in [-0.1, -0.05) is 31.5 Å². The second kappa shape index (κ2) is 9.12. The van der Waals surface area contributed by atoms with Crippen molar-refractivity contribution in [1.29, 1.82) is 0 Å². The SMILES string of the molecule is COc1cc(OC)cc(-c2nnc(SCC(=O)N[C@H]3CCCC[C@@H]3C)o2)c1. The zero-order chi connectivity index (χ0) is 19.2. The minimum Gasteiger partial charge on any atom is -0.497 e. The van der Waals surface area contributed by atoms with Gasteiger partial charge in [0.15, 0.2) is 0 Å². The molecule has 0 spiro atoms. The lowest BCUT2D eigenvalue weighted by Crippen LogP contribution is -2.41. The Bertz CT molecular complexity index is 758. The molecule has 27 heavy (non-hydrogen) atoms. The first-order valence-electron chi connectivity index (χ1n) is 9.08. The van der Waals surface area contributed by atoms with Gasteiger partial charge in [-0.2, -0.15) is 0 Å². The summed E-state index contributed by atoms with van der Waals surface area (Å²) in [5.74, 6) is 2.42. The van der Waals surface area contributed by atoms with E-state index in [1.807, 2.05) is 0 Å². The molecular formula is C19H25N3O4S. The van der Waals surface area contributed by atoms with E-state index in [-0.39, 0.29) is 17.7 Å². The Labute approximate surface area is 163 Å². The van der Waals surface area contributed by atoms with Crippen LogP contribution in [0.25, 0.3) is 11.5 Å². The highest BCUT2D eigenvalue weighted by atomic mass is 32.2. The number of carbonyl (C=O) groups is 1. The third-order valence-electron chi connectivity index (χ3n) is 4.79. The molecule has 1 fully saturated rings. The van der Waals surface area contributed by atoms with Crippen LogP contribution in [0, 0.1) is 5.92 Å². The Morgan fingerprint density at radius 2 is 1.89 bits per heavy atom. The molecular weight excluding hydrogens is 366 g/mol. The molecule has 0 aliphatic heterocycles. The highest BCUT2D eigenvalue weighted by molar-refractivity contribution is 7.99. The fourth-order valence-electron chi connectivity index (χ4n) is 3.22. The molecule has 2 aromatic rings. The molecule has 2 atom stereocenters. The fourth-order valence-corrected chi connectivity index (χ4v) is 3.80. The summed E-state index contributed by atoms with van der Waals surface area (Å²) in [5.41, 5.74) is 0.700. The van der Waals surface area contributed by atoms with E-state index in [9.17, 15) is 4.79 Å². The fraction of sp³-hybridized carbons (Fsp3) is 0.526. The number of thioether (sulfide) groups is 1. The third kappa shape index (κ3) is 5.15. The normalized spacial score (nSPS) is 19.5. The molecule has 146 valence electrons. The summed E-state index contributed by atoms with van der Waals surface area (Å²) in [4.78, 5) is 12.2. The van der Waals surface area contributed by atoms with E-state index in [4.69, 9.17) is 13.9 Å². The van der Waals surface area contributed by atoms with E-state index < -0.39 is 0 Å². The molecule has 0 bridgehead atoms. The summed E-state index contributed by atoms with van der Waals surface area (Å²) in [6, 6.07) is 5.63. The van der Waals surface area contributed by atoms with Crippen LogP contribution in [-0.4, -0.2) is 42.1 Å². The predicted molar refractivity (Wildman–Crippen MR) is 103 cm³/mol. The highest BCUT2D eigenvalue weighted by Crippen LogP contribution is 2.30. The smallest absolute Gasteiger partial charge is 0.277 e. The summed E-state index contributed by atoms with van der Waals surface area (Å²) in [6.45, 7) is 2.20. The lowest BCUT2D eigenvalue weighted by Gasteiger charge is -2.29. The number of hydrogen-bond acceptors (Lipinski definition) is 7. The summed E-state index contributed by atoms with van der Waals surface area (Å²) in [7, 11) is 3.17. The minimum atomic E-state index is 0.00143. The molecule has 1 saturated carbocycles. The monoisotopic (exact) mass is 391 g/mol. The predicted octanol–water partition coefficient (Wildman–Crippen LogP) is 3.54. The van der Waals surface area contributed by atoms with Crippen LogP contribution in [0.3, 0.4) is 0 Å². The zero-order valence-electron chi connectivity index (χ0n) is 15.9. The lowest BCUT2D eigenvalue weighted by atomic mass is 9.86. The van der Waals surface area contributed by atoms with Crippen LogP contribution < -0.4 is 14.8 Å². The number of ether oxygens (including phenoxy) is 2. The summed E-state index contributed by atoms with van der Waals surface area (Å²) < 4.78 is 16.2. The first-order chi connectivity index (χ1) is 13.1. The lowest BCUT2D eigenvalue weighted by molar-refractivity contribution is -0.119. The van der Waals surface area contributed by atoms with Crippen molar-refractivity contribution in [1.82, 2.24) is 15.5 Å². The molecule has 1 amide bonds. The highest BCUT2D eigenvalue weighted by Gasteiger charge is 2.23. The molecule has 1 aromatic carbocycles. The van der Waals surface area contributed by atoms with Gasteiger partial charge < -0.3 is 19.2 Å². The molecule has 0 radical (unpaired) electrons.